The fraction of sp³-hybridized carbons (Fsp3) is 0.500. The zero-order chi connectivity index (χ0) is 16.0. The van der Waals surface area contributed by atoms with Crippen LogP contribution in [0.4, 0.5) is 0 Å². The summed E-state index contributed by atoms with van der Waals surface area (Å²) in [6, 6.07) is 6.65. The van der Waals surface area contributed by atoms with Crippen LogP contribution in [-0.4, -0.2) is 40.7 Å². The van der Waals surface area contributed by atoms with E-state index in [1.807, 2.05) is 0 Å². The highest BCUT2D eigenvalue weighted by atomic mass is 32.2. The molecule has 0 saturated carbocycles. The van der Waals surface area contributed by atoms with Crippen molar-refractivity contribution >= 4 is 16.0 Å². The number of rotatable bonds is 6. The maximum atomic E-state index is 12.2. The minimum absolute atomic E-state index is 0.0189. The highest BCUT2D eigenvalue weighted by molar-refractivity contribution is 7.89. The quantitative estimate of drug-likeness (QED) is 0.511. The first-order valence-corrected chi connectivity index (χ1v) is 8.66. The fourth-order valence-corrected chi connectivity index (χ4v) is 3.22. The standard InChI is InChI=1S/C14H22N4O3S/c1-16-14(15)17-9-11-4-6-13(7-5-11)22(19,20)18-10-12-3-2-8-21-12/h4-7,12,18H,2-3,8-10H2,1H3,(H3,15,16,17). The monoisotopic (exact) mass is 326 g/mol. The van der Waals surface area contributed by atoms with Crippen molar-refractivity contribution < 1.29 is 13.2 Å². The summed E-state index contributed by atoms with van der Waals surface area (Å²) in [5.41, 5.74) is 6.46. The Morgan fingerprint density at radius 1 is 1.41 bits per heavy atom. The summed E-state index contributed by atoms with van der Waals surface area (Å²) in [6.45, 7) is 1.51. The molecule has 1 aliphatic rings. The van der Waals surface area contributed by atoms with Crippen molar-refractivity contribution in [2.75, 3.05) is 20.2 Å². The molecule has 0 spiro atoms. The van der Waals surface area contributed by atoms with Crippen molar-refractivity contribution in [1.82, 2.24) is 10.0 Å². The number of sulfonamides is 1. The van der Waals surface area contributed by atoms with E-state index in [1.165, 1.54) is 0 Å². The molecule has 1 heterocycles. The average molecular weight is 326 g/mol. The third kappa shape index (κ3) is 4.69. The van der Waals surface area contributed by atoms with Gasteiger partial charge in [-0.3, -0.25) is 4.99 Å². The molecule has 0 aliphatic carbocycles. The van der Waals surface area contributed by atoms with Gasteiger partial charge in [-0.2, -0.15) is 0 Å². The van der Waals surface area contributed by atoms with Gasteiger partial charge in [0, 0.05) is 26.7 Å². The van der Waals surface area contributed by atoms with Gasteiger partial charge in [-0.1, -0.05) is 12.1 Å². The Morgan fingerprint density at radius 3 is 2.73 bits per heavy atom. The zero-order valence-corrected chi connectivity index (χ0v) is 13.4. The topological polar surface area (TPSA) is 106 Å². The molecular formula is C14H22N4O3S. The van der Waals surface area contributed by atoms with Crippen LogP contribution >= 0.6 is 0 Å². The molecule has 2 rings (SSSR count). The van der Waals surface area contributed by atoms with Crippen molar-refractivity contribution in [1.29, 1.82) is 0 Å². The molecule has 1 atom stereocenters. The lowest BCUT2D eigenvalue weighted by atomic mass is 10.2. The number of ether oxygens (including phenoxy) is 1. The summed E-state index contributed by atoms with van der Waals surface area (Å²) in [4.78, 5) is 4.03. The Kier molecular flexibility index (Phi) is 5.76. The van der Waals surface area contributed by atoms with Gasteiger partial charge in [0.15, 0.2) is 5.96 Å². The maximum Gasteiger partial charge on any atom is 0.240 e. The lowest BCUT2D eigenvalue weighted by Gasteiger charge is -2.12. The molecule has 0 amide bonds. The van der Waals surface area contributed by atoms with Crippen LogP contribution in [0.25, 0.3) is 0 Å². The molecule has 1 aromatic carbocycles. The van der Waals surface area contributed by atoms with E-state index < -0.39 is 10.0 Å². The Hall–Kier alpha value is -1.64. The number of hydrogen-bond donors (Lipinski definition) is 3. The van der Waals surface area contributed by atoms with Crippen LogP contribution in [0.3, 0.4) is 0 Å². The SMILES string of the molecule is CN=C(N)NCc1ccc(S(=O)(=O)NCC2CCCO2)cc1. The van der Waals surface area contributed by atoms with Gasteiger partial charge >= 0.3 is 0 Å². The Morgan fingerprint density at radius 2 is 2.14 bits per heavy atom. The Labute approximate surface area is 131 Å². The third-order valence-electron chi connectivity index (χ3n) is 3.47. The summed E-state index contributed by atoms with van der Waals surface area (Å²) in [5.74, 6) is 0.343. The maximum absolute atomic E-state index is 12.2. The summed E-state index contributed by atoms with van der Waals surface area (Å²) in [7, 11) is -1.90. The van der Waals surface area contributed by atoms with Crippen molar-refractivity contribution in [3.63, 3.8) is 0 Å². The predicted molar refractivity (Wildman–Crippen MR) is 85.0 cm³/mol. The normalized spacial score (nSPS) is 19.3. The van der Waals surface area contributed by atoms with Crippen molar-refractivity contribution in [3.05, 3.63) is 29.8 Å². The minimum atomic E-state index is -3.50. The summed E-state index contributed by atoms with van der Waals surface area (Å²) >= 11 is 0. The zero-order valence-electron chi connectivity index (χ0n) is 12.6. The van der Waals surface area contributed by atoms with Crippen LogP contribution in [0.5, 0.6) is 0 Å². The molecule has 0 radical (unpaired) electrons. The molecule has 1 saturated heterocycles. The Bertz CT molecular complexity index is 607. The molecule has 0 bridgehead atoms. The molecule has 1 aromatic rings. The van der Waals surface area contributed by atoms with E-state index >= 15 is 0 Å². The lowest BCUT2D eigenvalue weighted by Crippen LogP contribution is -2.32. The summed E-state index contributed by atoms with van der Waals surface area (Å²) in [5, 5.41) is 2.92. The molecule has 7 nitrogen and oxygen atoms in total. The van der Waals surface area contributed by atoms with Gasteiger partial charge in [-0.15, -0.1) is 0 Å². The van der Waals surface area contributed by atoms with E-state index in [1.54, 1.807) is 31.3 Å². The largest absolute Gasteiger partial charge is 0.377 e. The number of nitrogens with two attached hydrogens (primary N) is 1. The van der Waals surface area contributed by atoms with Gasteiger partial charge in [0.25, 0.3) is 0 Å². The van der Waals surface area contributed by atoms with Crippen molar-refractivity contribution in [2.45, 2.75) is 30.4 Å². The van der Waals surface area contributed by atoms with Crippen LogP contribution < -0.4 is 15.8 Å². The molecule has 8 heteroatoms. The number of nitrogens with zero attached hydrogens (tertiary/aromatic N) is 1. The minimum Gasteiger partial charge on any atom is -0.377 e. The van der Waals surface area contributed by atoms with Crippen molar-refractivity contribution in [2.24, 2.45) is 10.7 Å². The highest BCUT2D eigenvalue weighted by Gasteiger charge is 2.20. The van der Waals surface area contributed by atoms with Crippen LogP contribution in [-0.2, 0) is 21.3 Å². The van der Waals surface area contributed by atoms with Gasteiger partial charge in [0.2, 0.25) is 10.0 Å². The van der Waals surface area contributed by atoms with Crippen LogP contribution in [0.15, 0.2) is 34.2 Å². The van der Waals surface area contributed by atoms with Crippen LogP contribution in [0.1, 0.15) is 18.4 Å². The highest BCUT2D eigenvalue weighted by Crippen LogP contribution is 2.14. The molecule has 22 heavy (non-hydrogen) atoms. The van der Waals surface area contributed by atoms with E-state index in [4.69, 9.17) is 10.5 Å². The molecule has 4 N–H and O–H groups in total. The lowest BCUT2D eigenvalue weighted by molar-refractivity contribution is 0.114. The average Bonchev–Trinajstić information content (AvgIpc) is 3.04. The second-order valence-corrected chi connectivity index (χ2v) is 6.86. The fourth-order valence-electron chi connectivity index (χ4n) is 2.15. The smallest absolute Gasteiger partial charge is 0.240 e. The number of nitrogens with one attached hydrogen (secondary N) is 2. The van der Waals surface area contributed by atoms with Gasteiger partial charge in [0.1, 0.15) is 0 Å². The molecule has 0 aromatic heterocycles. The summed E-state index contributed by atoms with van der Waals surface area (Å²) < 4.78 is 32.4. The van der Waals surface area contributed by atoms with Crippen LogP contribution in [0.2, 0.25) is 0 Å². The van der Waals surface area contributed by atoms with Crippen molar-refractivity contribution in [3.8, 4) is 0 Å². The van der Waals surface area contributed by atoms with Crippen LogP contribution in [0, 0.1) is 0 Å². The van der Waals surface area contributed by atoms with E-state index in [-0.39, 0.29) is 11.0 Å². The first-order valence-electron chi connectivity index (χ1n) is 7.17. The number of aliphatic imine (C=N–C) groups is 1. The molecule has 1 fully saturated rings. The van der Waals surface area contributed by atoms with E-state index in [0.717, 1.165) is 18.4 Å². The third-order valence-corrected chi connectivity index (χ3v) is 4.91. The van der Waals surface area contributed by atoms with E-state index in [0.29, 0.717) is 25.7 Å². The first kappa shape index (κ1) is 16.7. The van der Waals surface area contributed by atoms with Gasteiger partial charge in [-0.05, 0) is 30.5 Å². The molecular weight excluding hydrogens is 304 g/mol. The molecule has 1 aliphatic heterocycles. The predicted octanol–water partition coefficient (Wildman–Crippen LogP) is 0.178. The van der Waals surface area contributed by atoms with E-state index in [9.17, 15) is 8.42 Å². The molecule has 1 unspecified atom stereocenters. The second kappa shape index (κ2) is 7.57. The molecule has 122 valence electrons. The van der Waals surface area contributed by atoms with Gasteiger partial charge in [0.05, 0.1) is 11.0 Å². The number of hydrogen-bond acceptors (Lipinski definition) is 4. The first-order chi connectivity index (χ1) is 10.5. The van der Waals surface area contributed by atoms with Gasteiger partial charge < -0.3 is 15.8 Å². The van der Waals surface area contributed by atoms with Gasteiger partial charge in [-0.25, -0.2) is 13.1 Å². The number of benzene rings is 1. The second-order valence-electron chi connectivity index (χ2n) is 5.09. The summed E-state index contributed by atoms with van der Waals surface area (Å²) in [6.07, 6.45) is 1.86. The number of guanidine groups is 1. The Balaban J connectivity index is 1.93. The van der Waals surface area contributed by atoms with E-state index in [2.05, 4.69) is 15.0 Å².